The molecule has 1 heterocycles. The van der Waals surface area contributed by atoms with Crippen molar-refractivity contribution >= 4 is 23.2 Å². The summed E-state index contributed by atoms with van der Waals surface area (Å²) in [6.07, 6.45) is 0. The number of halogens is 1. The maximum absolute atomic E-state index is 12.3. The van der Waals surface area contributed by atoms with Crippen LogP contribution in [0.3, 0.4) is 0 Å². The molecule has 0 radical (unpaired) electrons. The number of amides is 1. The third-order valence-electron chi connectivity index (χ3n) is 4.73. The molecule has 1 saturated heterocycles. The van der Waals surface area contributed by atoms with Gasteiger partial charge < -0.3 is 10.1 Å². The number of hydrogen-bond donors (Lipinski definition) is 1. The van der Waals surface area contributed by atoms with Crippen molar-refractivity contribution in [3.63, 3.8) is 0 Å². The highest BCUT2D eigenvalue weighted by atomic mass is 35.5. The maximum Gasteiger partial charge on any atom is 0.238 e. The van der Waals surface area contributed by atoms with Crippen molar-refractivity contribution in [2.24, 2.45) is 0 Å². The number of carbonyl (C=O) groups excluding carboxylic acids is 1. The zero-order valence-electron chi connectivity index (χ0n) is 15.7. The van der Waals surface area contributed by atoms with Crippen LogP contribution in [0.4, 0.5) is 5.69 Å². The number of piperazine rings is 1. The molecule has 2 aromatic rings. The molecule has 144 valence electrons. The fourth-order valence-electron chi connectivity index (χ4n) is 3.10. The van der Waals surface area contributed by atoms with Gasteiger partial charge in [0.1, 0.15) is 12.4 Å². The normalized spacial score (nSPS) is 15.5. The van der Waals surface area contributed by atoms with E-state index in [1.165, 1.54) is 0 Å². The van der Waals surface area contributed by atoms with E-state index in [4.69, 9.17) is 16.3 Å². The average molecular weight is 388 g/mol. The predicted octanol–water partition coefficient (Wildman–Crippen LogP) is 3.28. The number of nitrogens with zero attached hydrogens (tertiary/aromatic N) is 2. The van der Waals surface area contributed by atoms with Gasteiger partial charge in [0.15, 0.2) is 0 Å². The van der Waals surface area contributed by atoms with E-state index in [1.807, 2.05) is 49.4 Å². The highest BCUT2D eigenvalue weighted by Crippen LogP contribution is 2.20. The fraction of sp³-hybridized carbons (Fsp3) is 0.381. The molecule has 0 aliphatic carbocycles. The molecule has 0 atom stereocenters. The smallest absolute Gasteiger partial charge is 0.238 e. The lowest BCUT2D eigenvalue weighted by molar-refractivity contribution is -0.117. The first kappa shape index (κ1) is 19.7. The number of carbonyl (C=O) groups is 1. The van der Waals surface area contributed by atoms with Crippen molar-refractivity contribution in [1.82, 2.24) is 9.80 Å². The number of para-hydroxylation sites is 1. The lowest BCUT2D eigenvalue weighted by atomic mass is 10.2. The fourth-order valence-corrected chi connectivity index (χ4v) is 3.27. The molecule has 27 heavy (non-hydrogen) atoms. The third-order valence-corrected chi connectivity index (χ3v) is 4.96. The number of hydrogen-bond acceptors (Lipinski definition) is 4. The third kappa shape index (κ3) is 6.24. The number of nitrogens with one attached hydrogen (secondary N) is 1. The topological polar surface area (TPSA) is 44.8 Å². The van der Waals surface area contributed by atoms with E-state index in [0.717, 1.165) is 49.7 Å². The van der Waals surface area contributed by atoms with Crippen molar-refractivity contribution in [3.8, 4) is 5.75 Å². The second-order valence-corrected chi connectivity index (χ2v) is 7.22. The summed E-state index contributed by atoms with van der Waals surface area (Å²) in [6.45, 7) is 7.60. The molecule has 0 spiro atoms. The predicted molar refractivity (Wildman–Crippen MR) is 110 cm³/mol. The van der Waals surface area contributed by atoms with E-state index >= 15 is 0 Å². The maximum atomic E-state index is 12.3. The number of aryl methyl sites for hydroxylation is 1. The van der Waals surface area contributed by atoms with Crippen LogP contribution in [0.5, 0.6) is 5.75 Å². The Morgan fingerprint density at radius 1 is 1.07 bits per heavy atom. The minimum absolute atomic E-state index is 0.00114. The van der Waals surface area contributed by atoms with E-state index in [-0.39, 0.29) is 5.91 Å². The van der Waals surface area contributed by atoms with Crippen LogP contribution >= 0.6 is 11.6 Å². The van der Waals surface area contributed by atoms with Gasteiger partial charge >= 0.3 is 0 Å². The van der Waals surface area contributed by atoms with Crippen LogP contribution in [0.2, 0.25) is 5.02 Å². The molecular weight excluding hydrogens is 362 g/mol. The molecule has 0 saturated carbocycles. The van der Waals surface area contributed by atoms with E-state index in [9.17, 15) is 4.79 Å². The molecule has 6 heteroatoms. The lowest BCUT2D eigenvalue weighted by Crippen LogP contribution is -2.49. The minimum atomic E-state index is 0.00114. The van der Waals surface area contributed by atoms with Crippen molar-refractivity contribution < 1.29 is 9.53 Å². The summed E-state index contributed by atoms with van der Waals surface area (Å²) in [5.41, 5.74) is 1.79. The van der Waals surface area contributed by atoms with Crippen LogP contribution in [0.15, 0.2) is 48.5 Å². The Kier molecular flexibility index (Phi) is 7.10. The van der Waals surface area contributed by atoms with E-state index in [2.05, 4.69) is 15.1 Å². The first-order chi connectivity index (χ1) is 13.1. The Balaban J connectivity index is 1.36. The molecule has 3 rings (SSSR count). The zero-order valence-corrected chi connectivity index (χ0v) is 16.4. The molecule has 1 aliphatic heterocycles. The summed E-state index contributed by atoms with van der Waals surface area (Å²) < 4.78 is 5.76. The summed E-state index contributed by atoms with van der Waals surface area (Å²) in [7, 11) is 0. The van der Waals surface area contributed by atoms with E-state index < -0.39 is 0 Å². The monoisotopic (exact) mass is 387 g/mol. The van der Waals surface area contributed by atoms with Gasteiger partial charge in [0.2, 0.25) is 5.91 Å². The van der Waals surface area contributed by atoms with Crippen LogP contribution in [-0.2, 0) is 4.79 Å². The van der Waals surface area contributed by atoms with Crippen LogP contribution in [0, 0.1) is 6.92 Å². The molecule has 0 bridgehead atoms. The van der Waals surface area contributed by atoms with Gasteiger partial charge in [-0.3, -0.25) is 14.6 Å². The Labute approximate surface area is 165 Å². The summed E-state index contributed by atoms with van der Waals surface area (Å²) in [5.74, 6) is 0.908. The molecule has 1 amide bonds. The first-order valence-electron chi connectivity index (χ1n) is 9.29. The Hall–Kier alpha value is -2.08. The number of anilines is 1. The van der Waals surface area contributed by atoms with Gasteiger partial charge in [-0.05, 0) is 36.8 Å². The quantitative estimate of drug-likeness (QED) is 0.791. The van der Waals surface area contributed by atoms with Crippen molar-refractivity contribution in [2.45, 2.75) is 6.92 Å². The Morgan fingerprint density at radius 2 is 1.78 bits per heavy atom. The van der Waals surface area contributed by atoms with Gasteiger partial charge in [-0.2, -0.15) is 0 Å². The van der Waals surface area contributed by atoms with E-state index in [0.29, 0.717) is 18.2 Å². The molecule has 1 N–H and O–H groups in total. The highest BCUT2D eigenvalue weighted by molar-refractivity contribution is 6.31. The molecule has 2 aromatic carbocycles. The van der Waals surface area contributed by atoms with Crippen LogP contribution in [0.25, 0.3) is 0 Å². The summed E-state index contributed by atoms with van der Waals surface area (Å²) in [4.78, 5) is 16.9. The Morgan fingerprint density at radius 3 is 2.52 bits per heavy atom. The van der Waals surface area contributed by atoms with Gasteiger partial charge in [-0.1, -0.05) is 35.9 Å². The SMILES string of the molecule is Cc1ccc(Cl)cc1NC(=O)CN1CCN(CCOc2ccccc2)CC1. The zero-order chi connectivity index (χ0) is 19.1. The Bertz CT molecular complexity index is 746. The van der Waals surface area contributed by atoms with Gasteiger partial charge in [0.25, 0.3) is 0 Å². The van der Waals surface area contributed by atoms with Gasteiger partial charge in [-0.15, -0.1) is 0 Å². The lowest BCUT2D eigenvalue weighted by Gasteiger charge is -2.34. The highest BCUT2D eigenvalue weighted by Gasteiger charge is 2.19. The summed E-state index contributed by atoms with van der Waals surface area (Å²) >= 11 is 6.01. The second kappa shape index (κ2) is 9.74. The van der Waals surface area contributed by atoms with Gasteiger partial charge in [-0.25, -0.2) is 0 Å². The first-order valence-corrected chi connectivity index (χ1v) is 9.66. The standard InChI is InChI=1S/C21H26ClN3O2/c1-17-7-8-18(22)15-20(17)23-21(26)16-25-11-9-24(10-12-25)13-14-27-19-5-3-2-4-6-19/h2-8,15H,9-14,16H2,1H3,(H,23,26). The minimum Gasteiger partial charge on any atom is -0.492 e. The summed E-state index contributed by atoms with van der Waals surface area (Å²) in [5, 5.41) is 3.59. The number of benzene rings is 2. The molecule has 1 aliphatic rings. The molecule has 1 fully saturated rings. The second-order valence-electron chi connectivity index (χ2n) is 6.79. The molecule has 5 nitrogen and oxygen atoms in total. The number of ether oxygens (including phenoxy) is 1. The largest absolute Gasteiger partial charge is 0.492 e. The van der Waals surface area contributed by atoms with Crippen LogP contribution in [0.1, 0.15) is 5.56 Å². The van der Waals surface area contributed by atoms with Gasteiger partial charge in [0, 0.05) is 43.4 Å². The van der Waals surface area contributed by atoms with Crippen LogP contribution < -0.4 is 10.1 Å². The average Bonchev–Trinajstić information content (AvgIpc) is 2.67. The molecule has 0 unspecified atom stereocenters. The van der Waals surface area contributed by atoms with Crippen molar-refractivity contribution in [3.05, 3.63) is 59.1 Å². The van der Waals surface area contributed by atoms with Gasteiger partial charge in [0.05, 0.1) is 6.54 Å². The molecular formula is C21H26ClN3O2. The number of rotatable bonds is 7. The van der Waals surface area contributed by atoms with Crippen molar-refractivity contribution in [1.29, 1.82) is 0 Å². The van der Waals surface area contributed by atoms with Crippen LogP contribution in [-0.4, -0.2) is 61.6 Å². The summed E-state index contributed by atoms with van der Waals surface area (Å²) in [6, 6.07) is 15.4. The van der Waals surface area contributed by atoms with Crippen molar-refractivity contribution in [2.75, 3.05) is 51.2 Å². The van der Waals surface area contributed by atoms with E-state index in [1.54, 1.807) is 6.07 Å². The molecule has 0 aromatic heterocycles.